The first-order chi connectivity index (χ1) is 17.5. The molecule has 2 aromatic carbocycles. The van der Waals surface area contributed by atoms with E-state index in [0.29, 0.717) is 17.3 Å². The zero-order chi connectivity index (χ0) is 25.1. The van der Waals surface area contributed by atoms with Crippen LogP contribution in [0.15, 0.2) is 91.3 Å². The lowest BCUT2D eigenvalue weighted by Gasteiger charge is -2.29. The lowest BCUT2D eigenvalue weighted by atomic mass is 10.0. The summed E-state index contributed by atoms with van der Waals surface area (Å²) in [6.07, 6.45) is 3.82. The number of aryl methyl sites for hydroxylation is 1. The number of para-hydroxylation sites is 1. The predicted octanol–water partition coefficient (Wildman–Crippen LogP) is 5.32. The lowest BCUT2D eigenvalue weighted by Crippen LogP contribution is -2.33. The zero-order valence-electron chi connectivity index (χ0n) is 19.8. The highest BCUT2D eigenvalue weighted by atomic mass is 32.1. The highest BCUT2D eigenvalue weighted by Crippen LogP contribution is 2.39. The average molecular weight is 500 g/mol. The number of rotatable bonds is 7. The van der Waals surface area contributed by atoms with E-state index in [-0.39, 0.29) is 30.2 Å². The molecule has 2 aromatic heterocycles. The van der Waals surface area contributed by atoms with Crippen molar-refractivity contribution in [2.75, 3.05) is 11.9 Å². The van der Waals surface area contributed by atoms with Crippen LogP contribution in [-0.4, -0.2) is 32.0 Å². The van der Waals surface area contributed by atoms with E-state index in [9.17, 15) is 9.18 Å². The first-order valence-corrected chi connectivity index (χ1v) is 12.2. The molecule has 182 valence electrons. The van der Waals surface area contributed by atoms with Crippen LogP contribution in [-0.2, 0) is 4.79 Å². The summed E-state index contributed by atoms with van der Waals surface area (Å²) in [7, 11) is 0. The standard InChI is InChI=1S/C28H26FN5OS/c1-19-11-13-20(14-12-19)31-25(35)15-18-34-27(26(32-28(34)36)22-8-4-5-16-30-22)24-10-6-17-33(24)23-9-3-2-7-21(23)29/h2-14,16-17,26-27H,15,18H2,1H3,(H,31,35)(H,32,36)/t26-,27+/m1/s1. The Morgan fingerprint density at radius 3 is 2.58 bits per heavy atom. The van der Waals surface area contributed by atoms with E-state index in [1.54, 1.807) is 18.3 Å². The number of amides is 1. The molecule has 0 aliphatic carbocycles. The number of thiocarbonyl (C=S) groups is 1. The SMILES string of the molecule is Cc1ccc(NC(=O)CCN2C(=S)N[C@H](c3ccccn3)[C@@H]2c2cccn2-c2ccccc2F)cc1. The van der Waals surface area contributed by atoms with E-state index in [2.05, 4.69) is 15.6 Å². The molecule has 1 saturated heterocycles. The number of nitrogens with zero attached hydrogens (tertiary/aromatic N) is 3. The molecular weight excluding hydrogens is 473 g/mol. The summed E-state index contributed by atoms with van der Waals surface area (Å²) in [5, 5.41) is 6.86. The van der Waals surface area contributed by atoms with Gasteiger partial charge in [0.2, 0.25) is 5.91 Å². The van der Waals surface area contributed by atoms with Crippen LogP contribution in [0.25, 0.3) is 5.69 Å². The van der Waals surface area contributed by atoms with Gasteiger partial charge in [-0.15, -0.1) is 0 Å². The number of carbonyl (C=O) groups is 1. The molecule has 1 aliphatic heterocycles. The Labute approximate surface area is 214 Å². The second-order valence-corrected chi connectivity index (χ2v) is 9.13. The molecule has 0 unspecified atom stereocenters. The topological polar surface area (TPSA) is 62.2 Å². The normalized spacial score (nSPS) is 17.2. The minimum absolute atomic E-state index is 0.105. The fraction of sp³-hybridized carbons (Fsp3) is 0.179. The van der Waals surface area contributed by atoms with E-state index >= 15 is 0 Å². The molecule has 1 aliphatic rings. The third kappa shape index (κ3) is 4.85. The van der Waals surface area contributed by atoms with Crippen molar-refractivity contribution in [3.63, 3.8) is 0 Å². The summed E-state index contributed by atoms with van der Waals surface area (Å²) < 4.78 is 16.6. The largest absolute Gasteiger partial charge is 0.352 e. The summed E-state index contributed by atoms with van der Waals surface area (Å²) in [6.45, 7) is 2.39. The monoisotopic (exact) mass is 499 g/mol. The van der Waals surface area contributed by atoms with Gasteiger partial charge in [-0.05, 0) is 67.7 Å². The van der Waals surface area contributed by atoms with E-state index in [1.807, 2.05) is 83.3 Å². The maximum Gasteiger partial charge on any atom is 0.226 e. The molecule has 0 radical (unpaired) electrons. The van der Waals surface area contributed by atoms with Gasteiger partial charge >= 0.3 is 0 Å². The van der Waals surface area contributed by atoms with Gasteiger partial charge in [-0.1, -0.05) is 35.9 Å². The lowest BCUT2D eigenvalue weighted by molar-refractivity contribution is -0.116. The number of halogens is 1. The first kappa shape index (κ1) is 23.7. The molecule has 2 atom stereocenters. The van der Waals surface area contributed by atoms with Crippen molar-refractivity contribution in [3.05, 3.63) is 114 Å². The van der Waals surface area contributed by atoms with Gasteiger partial charge in [0.1, 0.15) is 5.82 Å². The van der Waals surface area contributed by atoms with E-state index < -0.39 is 0 Å². The second-order valence-electron chi connectivity index (χ2n) is 8.74. The van der Waals surface area contributed by atoms with Crippen LogP contribution in [0.5, 0.6) is 0 Å². The van der Waals surface area contributed by atoms with Crippen molar-refractivity contribution < 1.29 is 9.18 Å². The van der Waals surface area contributed by atoms with Crippen LogP contribution in [0.2, 0.25) is 0 Å². The van der Waals surface area contributed by atoms with Crippen molar-refractivity contribution in [1.29, 1.82) is 0 Å². The zero-order valence-corrected chi connectivity index (χ0v) is 20.6. The van der Waals surface area contributed by atoms with Crippen LogP contribution in [0.1, 0.15) is 35.5 Å². The fourth-order valence-corrected chi connectivity index (χ4v) is 4.88. The molecule has 1 amide bonds. The van der Waals surface area contributed by atoms with Crippen LogP contribution in [0.4, 0.5) is 10.1 Å². The summed E-state index contributed by atoms with van der Waals surface area (Å²) in [6, 6.07) is 23.4. The molecular formula is C28H26FN5OS. The molecule has 0 spiro atoms. The average Bonchev–Trinajstić information content (AvgIpc) is 3.49. The van der Waals surface area contributed by atoms with Gasteiger partial charge in [0.15, 0.2) is 5.11 Å². The van der Waals surface area contributed by atoms with Gasteiger partial charge in [-0.2, -0.15) is 0 Å². The van der Waals surface area contributed by atoms with Gasteiger partial charge in [-0.3, -0.25) is 9.78 Å². The fourth-order valence-electron chi connectivity index (χ4n) is 4.55. The molecule has 4 aromatic rings. The highest BCUT2D eigenvalue weighted by molar-refractivity contribution is 7.80. The Bertz CT molecular complexity index is 1370. The van der Waals surface area contributed by atoms with Crippen LogP contribution in [0.3, 0.4) is 0 Å². The third-order valence-corrected chi connectivity index (χ3v) is 6.66. The minimum Gasteiger partial charge on any atom is -0.352 e. The van der Waals surface area contributed by atoms with Crippen molar-refractivity contribution in [2.24, 2.45) is 0 Å². The Morgan fingerprint density at radius 2 is 1.83 bits per heavy atom. The molecule has 0 bridgehead atoms. The van der Waals surface area contributed by atoms with E-state index in [4.69, 9.17) is 12.2 Å². The number of nitrogens with one attached hydrogen (secondary N) is 2. The molecule has 2 N–H and O–H groups in total. The number of hydrogen-bond donors (Lipinski definition) is 2. The van der Waals surface area contributed by atoms with Gasteiger partial charge in [0.05, 0.1) is 23.5 Å². The molecule has 36 heavy (non-hydrogen) atoms. The van der Waals surface area contributed by atoms with Crippen molar-refractivity contribution in [1.82, 2.24) is 19.8 Å². The van der Waals surface area contributed by atoms with Crippen LogP contribution < -0.4 is 10.6 Å². The second kappa shape index (κ2) is 10.3. The van der Waals surface area contributed by atoms with Crippen molar-refractivity contribution in [2.45, 2.75) is 25.4 Å². The summed E-state index contributed by atoms with van der Waals surface area (Å²) in [5.74, 6) is -0.423. The molecule has 3 heterocycles. The maximum absolute atomic E-state index is 14.8. The summed E-state index contributed by atoms with van der Waals surface area (Å²) in [4.78, 5) is 19.3. The van der Waals surface area contributed by atoms with Crippen LogP contribution in [0, 0.1) is 12.7 Å². The van der Waals surface area contributed by atoms with E-state index in [0.717, 1.165) is 22.6 Å². The molecule has 1 fully saturated rings. The molecule has 6 nitrogen and oxygen atoms in total. The number of aromatic nitrogens is 2. The summed E-state index contributed by atoms with van der Waals surface area (Å²) >= 11 is 5.72. The molecule has 8 heteroatoms. The number of pyridine rings is 1. The van der Waals surface area contributed by atoms with Crippen molar-refractivity contribution >= 4 is 28.9 Å². The third-order valence-electron chi connectivity index (χ3n) is 6.31. The molecule has 0 saturated carbocycles. The smallest absolute Gasteiger partial charge is 0.226 e. The number of hydrogen-bond acceptors (Lipinski definition) is 3. The molecule has 5 rings (SSSR count). The highest BCUT2D eigenvalue weighted by Gasteiger charge is 2.41. The van der Waals surface area contributed by atoms with Crippen molar-refractivity contribution in [3.8, 4) is 5.69 Å². The summed E-state index contributed by atoms with van der Waals surface area (Å²) in [5.41, 5.74) is 4.00. The predicted molar refractivity (Wildman–Crippen MR) is 142 cm³/mol. The van der Waals surface area contributed by atoms with E-state index in [1.165, 1.54) is 6.07 Å². The van der Waals surface area contributed by atoms with Crippen LogP contribution >= 0.6 is 12.2 Å². The first-order valence-electron chi connectivity index (χ1n) is 11.8. The Balaban J connectivity index is 1.44. The van der Waals surface area contributed by atoms with Gasteiger partial charge in [0.25, 0.3) is 0 Å². The maximum atomic E-state index is 14.8. The number of anilines is 1. The Hall–Kier alpha value is -4.04. The Morgan fingerprint density at radius 1 is 1.06 bits per heavy atom. The van der Waals surface area contributed by atoms with Gasteiger partial charge in [-0.25, -0.2) is 4.39 Å². The Kier molecular flexibility index (Phi) is 6.77. The number of benzene rings is 2. The van der Waals surface area contributed by atoms with Gasteiger partial charge < -0.3 is 20.1 Å². The van der Waals surface area contributed by atoms with Gasteiger partial charge in [0, 0.05) is 36.7 Å². The minimum atomic E-state index is -0.318. The number of carbonyl (C=O) groups excluding carboxylic acids is 1. The quantitative estimate of drug-likeness (QED) is 0.337.